The fraction of sp³-hybridized carbons (Fsp3) is 0.385. The average Bonchev–Trinajstić information content (AvgIpc) is 2.17. The Morgan fingerprint density at radius 3 is 1.85 bits per heavy atom. The lowest BCUT2D eigenvalue weighted by molar-refractivity contribution is 0.863. The molecule has 1 aromatic rings. The Kier molecular flexibility index (Phi) is 3.14. The van der Waals surface area contributed by atoms with Crippen molar-refractivity contribution in [2.24, 2.45) is 0 Å². The first-order valence-electron chi connectivity index (χ1n) is 4.67. The highest BCUT2D eigenvalue weighted by molar-refractivity contribution is 5.29. The van der Waals surface area contributed by atoms with E-state index in [9.17, 15) is 0 Å². The summed E-state index contributed by atoms with van der Waals surface area (Å²) in [6, 6.07) is 8.44. The van der Waals surface area contributed by atoms with Gasteiger partial charge in [-0.15, -0.1) is 0 Å². The molecule has 0 aromatic heterocycles. The van der Waals surface area contributed by atoms with Gasteiger partial charge in [-0.25, -0.2) is 0 Å². The second kappa shape index (κ2) is 4.14. The maximum atomic E-state index is 7.03. The van der Waals surface area contributed by atoms with Crippen LogP contribution in [0.25, 0.3) is 0 Å². The highest BCUT2D eigenvalue weighted by atomic mass is 14.1. The quantitative estimate of drug-likeness (QED) is 0.597. The van der Waals surface area contributed by atoms with Gasteiger partial charge in [-0.2, -0.15) is 0 Å². The van der Waals surface area contributed by atoms with Crippen LogP contribution >= 0.6 is 0 Å². The molecule has 0 N–H and O–H groups in total. The smallest absolute Gasteiger partial charge is 0.0434 e. The van der Waals surface area contributed by atoms with Gasteiger partial charge in [0.25, 0.3) is 0 Å². The van der Waals surface area contributed by atoms with Gasteiger partial charge in [-0.1, -0.05) is 44.0 Å². The monoisotopic (exact) mass is 171 g/mol. The van der Waals surface area contributed by atoms with Gasteiger partial charge in [0.1, 0.15) is 0 Å². The van der Waals surface area contributed by atoms with Gasteiger partial charge in [0.15, 0.2) is 0 Å². The molecule has 1 radical (unpaired) electrons. The van der Waals surface area contributed by atoms with Crippen molar-refractivity contribution in [1.82, 2.24) is 0 Å². The number of rotatable bonds is 2. The molecule has 0 heterocycles. The molecule has 0 aliphatic carbocycles. The molecule has 1 atom stereocenters. The summed E-state index contributed by atoms with van der Waals surface area (Å²) in [5.74, 6) is 3.17. The molecule has 0 amide bonds. The Morgan fingerprint density at radius 1 is 1.00 bits per heavy atom. The summed E-state index contributed by atoms with van der Waals surface area (Å²) in [4.78, 5) is 0. The Balaban J connectivity index is 2.89. The van der Waals surface area contributed by atoms with Gasteiger partial charge in [0.05, 0.1) is 0 Å². The lowest BCUT2D eigenvalue weighted by atomic mass is 9.97. The minimum Gasteiger partial charge on any atom is -0.0812 e. The molecular formula is C13H15. The van der Waals surface area contributed by atoms with Gasteiger partial charge in [0, 0.05) is 5.92 Å². The fourth-order valence-corrected chi connectivity index (χ4v) is 1.25. The molecule has 67 valence electrons. The van der Waals surface area contributed by atoms with E-state index in [2.05, 4.69) is 44.0 Å². The van der Waals surface area contributed by atoms with Crippen molar-refractivity contribution in [1.29, 1.82) is 0 Å². The fourth-order valence-electron chi connectivity index (χ4n) is 1.25. The molecule has 1 rings (SSSR count). The lowest BCUT2D eigenvalue weighted by Crippen LogP contribution is -1.91. The van der Waals surface area contributed by atoms with E-state index in [-0.39, 0.29) is 5.92 Å². The summed E-state index contributed by atoms with van der Waals surface area (Å²) in [7, 11) is 0. The molecule has 0 heteroatoms. The van der Waals surface area contributed by atoms with Crippen molar-refractivity contribution >= 4 is 0 Å². The second-order valence-electron chi connectivity index (χ2n) is 3.69. The molecule has 1 aromatic carbocycles. The van der Waals surface area contributed by atoms with Crippen molar-refractivity contribution in [3.63, 3.8) is 0 Å². The summed E-state index contributed by atoms with van der Waals surface area (Å²) in [6.07, 6.45) is 7.03. The van der Waals surface area contributed by atoms with Crippen LogP contribution in [0.1, 0.15) is 43.7 Å². The largest absolute Gasteiger partial charge is 0.0812 e. The topological polar surface area (TPSA) is 0 Å². The highest BCUT2D eigenvalue weighted by Crippen LogP contribution is 2.19. The third kappa shape index (κ3) is 2.36. The minimum atomic E-state index is 0.112. The number of hydrogen-bond acceptors (Lipinski definition) is 0. The normalized spacial score (nSPS) is 12.5. The Hall–Kier alpha value is -1.22. The molecule has 0 saturated carbocycles. The molecule has 1 unspecified atom stereocenters. The first kappa shape index (κ1) is 9.86. The van der Waals surface area contributed by atoms with Crippen LogP contribution in [0.15, 0.2) is 24.3 Å². The minimum absolute atomic E-state index is 0.112. The van der Waals surface area contributed by atoms with E-state index in [1.807, 2.05) is 6.92 Å². The van der Waals surface area contributed by atoms with Crippen LogP contribution < -0.4 is 0 Å². The van der Waals surface area contributed by atoms with Gasteiger partial charge >= 0.3 is 0 Å². The molecule has 0 saturated heterocycles. The summed E-state index contributed by atoms with van der Waals surface area (Å²) in [5, 5.41) is 0. The van der Waals surface area contributed by atoms with Crippen LogP contribution in [0.5, 0.6) is 0 Å². The zero-order valence-corrected chi connectivity index (χ0v) is 8.46. The van der Waals surface area contributed by atoms with Gasteiger partial charge in [-0.3, -0.25) is 0 Å². The molecule has 0 nitrogen and oxygen atoms in total. The predicted molar refractivity (Wildman–Crippen MR) is 56.1 cm³/mol. The highest BCUT2D eigenvalue weighted by Gasteiger charge is 2.02. The lowest BCUT2D eigenvalue weighted by Gasteiger charge is -2.08. The summed E-state index contributed by atoms with van der Waals surface area (Å²) in [6.45, 7) is 6.35. The Morgan fingerprint density at radius 2 is 1.46 bits per heavy atom. The standard InChI is InChI=1S/C13H15/c1-5-11(4)13-8-6-12(7-9-13)10(2)3/h6-11H,2-4H3. The third-order valence-corrected chi connectivity index (χ3v) is 2.32. The van der Waals surface area contributed by atoms with Gasteiger partial charge in [0.2, 0.25) is 0 Å². The second-order valence-corrected chi connectivity index (χ2v) is 3.69. The first-order chi connectivity index (χ1) is 6.15. The van der Waals surface area contributed by atoms with Crippen LogP contribution in [-0.4, -0.2) is 0 Å². The molecule has 0 fully saturated rings. The van der Waals surface area contributed by atoms with E-state index < -0.39 is 0 Å². The number of hydrogen-bond donors (Lipinski definition) is 0. The Bertz CT molecular complexity index is 298. The van der Waals surface area contributed by atoms with Gasteiger partial charge in [-0.05, 0) is 30.4 Å². The van der Waals surface area contributed by atoms with E-state index in [0.717, 1.165) is 0 Å². The van der Waals surface area contributed by atoms with Crippen LogP contribution in [0, 0.1) is 12.3 Å². The zero-order valence-electron chi connectivity index (χ0n) is 8.46. The van der Waals surface area contributed by atoms with Crippen LogP contribution in [-0.2, 0) is 0 Å². The summed E-state index contributed by atoms with van der Waals surface area (Å²) >= 11 is 0. The van der Waals surface area contributed by atoms with Crippen molar-refractivity contribution < 1.29 is 0 Å². The van der Waals surface area contributed by atoms with Crippen molar-refractivity contribution in [2.45, 2.75) is 32.6 Å². The molecule has 0 aliphatic rings. The van der Waals surface area contributed by atoms with Crippen LogP contribution in [0.4, 0.5) is 0 Å². The van der Waals surface area contributed by atoms with E-state index in [0.29, 0.717) is 5.92 Å². The summed E-state index contributed by atoms with van der Waals surface area (Å²) < 4.78 is 0. The summed E-state index contributed by atoms with van der Waals surface area (Å²) in [5.41, 5.74) is 2.51. The number of benzene rings is 1. The van der Waals surface area contributed by atoms with E-state index in [1.54, 1.807) is 0 Å². The SMILES string of the molecule is [C]#CC(C)c1ccc(C(C)C)cc1. The van der Waals surface area contributed by atoms with Gasteiger partial charge < -0.3 is 0 Å². The molecule has 0 bridgehead atoms. The van der Waals surface area contributed by atoms with Crippen LogP contribution in [0.2, 0.25) is 0 Å². The molecule has 13 heavy (non-hydrogen) atoms. The van der Waals surface area contributed by atoms with Crippen LogP contribution in [0.3, 0.4) is 0 Å². The molecule has 0 aliphatic heterocycles. The third-order valence-electron chi connectivity index (χ3n) is 2.32. The van der Waals surface area contributed by atoms with E-state index >= 15 is 0 Å². The molecule has 0 spiro atoms. The average molecular weight is 171 g/mol. The predicted octanol–water partition coefficient (Wildman–Crippen LogP) is 3.50. The van der Waals surface area contributed by atoms with Crippen molar-refractivity contribution in [3.05, 3.63) is 41.8 Å². The van der Waals surface area contributed by atoms with Crippen molar-refractivity contribution in [2.75, 3.05) is 0 Å². The maximum Gasteiger partial charge on any atom is 0.0434 e. The van der Waals surface area contributed by atoms with E-state index in [1.165, 1.54) is 11.1 Å². The van der Waals surface area contributed by atoms with Crippen molar-refractivity contribution in [3.8, 4) is 5.92 Å². The Labute approximate surface area is 81.0 Å². The first-order valence-corrected chi connectivity index (χ1v) is 4.67. The van der Waals surface area contributed by atoms with E-state index in [4.69, 9.17) is 6.42 Å². The maximum absolute atomic E-state index is 7.03. The zero-order chi connectivity index (χ0) is 9.84. The molecular weight excluding hydrogens is 156 g/mol.